The summed E-state index contributed by atoms with van der Waals surface area (Å²) in [5, 5.41) is 23.6. The van der Waals surface area contributed by atoms with Gasteiger partial charge in [-0.3, -0.25) is 0 Å². The number of rotatable bonds is 5. The lowest BCUT2D eigenvalue weighted by molar-refractivity contribution is 0.119. The number of hydrogen-bond donors (Lipinski definition) is 3. The maximum Gasteiger partial charge on any atom is 0.0914 e. The molecule has 0 aromatic heterocycles. The molecule has 3 rings (SSSR count). The fourth-order valence-electron chi connectivity index (χ4n) is 3.18. The highest BCUT2D eigenvalue weighted by Crippen LogP contribution is 2.36. The first-order chi connectivity index (χ1) is 10.2. The van der Waals surface area contributed by atoms with Crippen LogP contribution in [0.25, 0.3) is 0 Å². The van der Waals surface area contributed by atoms with E-state index in [1.807, 2.05) is 42.5 Å². The molecule has 2 atom stereocenters. The van der Waals surface area contributed by atoms with Gasteiger partial charge in [-0.15, -0.1) is 0 Å². The molecule has 0 heterocycles. The predicted molar refractivity (Wildman–Crippen MR) is 82.9 cm³/mol. The molecule has 1 aliphatic rings. The maximum absolute atomic E-state index is 10.3. The zero-order chi connectivity index (χ0) is 14.7. The fourth-order valence-corrected chi connectivity index (χ4v) is 3.18. The van der Waals surface area contributed by atoms with Gasteiger partial charge in [0.05, 0.1) is 18.2 Å². The van der Waals surface area contributed by atoms with Crippen molar-refractivity contribution in [3.8, 4) is 0 Å². The SMILES string of the molecule is OCC1(NCC(O)c2ccccc2)CCc2ccccc21. The van der Waals surface area contributed by atoms with Gasteiger partial charge in [0, 0.05) is 6.54 Å². The van der Waals surface area contributed by atoms with Gasteiger partial charge in [0.15, 0.2) is 0 Å². The summed E-state index contributed by atoms with van der Waals surface area (Å²) in [6, 6.07) is 17.8. The van der Waals surface area contributed by atoms with Gasteiger partial charge in [-0.05, 0) is 29.5 Å². The Bertz CT molecular complexity index is 599. The predicted octanol–water partition coefficient (Wildman–Crippen LogP) is 2.14. The van der Waals surface area contributed by atoms with Crippen molar-refractivity contribution >= 4 is 0 Å². The van der Waals surface area contributed by atoms with Crippen LogP contribution in [0.4, 0.5) is 0 Å². The number of benzene rings is 2. The van der Waals surface area contributed by atoms with Crippen molar-refractivity contribution in [2.45, 2.75) is 24.5 Å². The lowest BCUT2D eigenvalue weighted by Crippen LogP contribution is -2.45. The Hall–Kier alpha value is -1.68. The van der Waals surface area contributed by atoms with Gasteiger partial charge in [0.1, 0.15) is 0 Å². The fraction of sp³-hybridized carbons (Fsp3) is 0.333. The van der Waals surface area contributed by atoms with Gasteiger partial charge >= 0.3 is 0 Å². The van der Waals surface area contributed by atoms with Gasteiger partial charge in [0.25, 0.3) is 0 Å². The van der Waals surface area contributed by atoms with Crippen LogP contribution in [0.2, 0.25) is 0 Å². The van der Waals surface area contributed by atoms with Crippen LogP contribution < -0.4 is 5.32 Å². The first-order valence-corrected chi connectivity index (χ1v) is 7.42. The quantitative estimate of drug-likeness (QED) is 0.788. The van der Waals surface area contributed by atoms with Crippen LogP contribution in [0.5, 0.6) is 0 Å². The number of aryl methyl sites for hydroxylation is 1. The van der Waals surface area contributed by atoms with E-state index in [0.717, 1.165) is 24.0 Å². The van der Waals surface area contributed by atoms with E-state index in [4.69, 9.17) is 0 Å². The molecule has 3 heteroatoms. The molecule has 0 saturated carbocycles. The van der Waals surface area contributed by atoms with E-state index in [9.17, 15) is 10.2 Å². The van der Waals surface area contributed by atoms with Crippen LogP contribution in [-0.4, -0.2) is 23.4 Å². The normalized spacial score (nSPS) is 22.0. The van der Waals surface area contributed by atoms with E-state index in [1.54, 1.807) is 0 Å². The molecule has 0 saturated heterocycles. The third kappa shape index (κ3) is 2.72. The van der Waals surface area contributed by atoms with Crippen molar-refractivity contribution in [3.63, 3.8) is 0 Å². The molecule has 0 aliphatic heterocycles. The number of aliphatic hydroxyl groups is 2. The van der Waals surface area contributed by atoms with Crippen LogP contribution in [-0.2, 0) is 12.0 Å². The minimum absolute atomic E-state index is 0.0471. The van der Waals surface area contributed by atoms with E-state index in [0.29, 0.717) is 6.54 Å². The first-order valence-electron chi connectivity index (χ1n) is 7.42. The summed E-state index contributed by atoms with van der Waals surface area (Å²) >= 11 is 0. The second-order valence-corrected chi connectivity index (χ2v) is 5.70. The molecular weight excluding hydrogens is 262 g/mol. The Morgan fingerprint density at radius 2 is 1.76 bits per heavy atom. The van der Waals surface area contributed by atoms with Crippen molar-refractivity contribution in [1.82, 2.24) is 5.32 Å². The van der Waals surface area contributed by atoms with Gasteiger partial charge < -0.3 is 15.5 Å². The van der Waals surface area contributed by atoms with Gasteiger partial charge in [-0.1, -0.05) is 54.6 Å². The minimum Gasteiger partial charge on any atom is -0.394 e. The Morgan fingerprint density at radius 1 is 1.05 bits per heavy atom. The third-order valence-corrected chi connectivity index (χ3v) is 4.44. The molecule has 110 valence electrons. The highest BCUT2D eigenvalue weighted by Gasteiger charge is 2.37. The van der Waals surface area contributed by atoms with E-state index >= 15 is 0 Å². The summed E-state index contributed by atoms with van der Waals surface area (Å²) in [5.41, 5.74) is 2.91. The van der Waals surface area contributed by atoms with Crippen LogP contribution in [0.1, 0.15) is 29.2 Å². The lowest BCUT2D eigenvalue weighted by Gasteiger charge is -2.31. The second-order valence-electron chi connectivity index (χ2n) is 5.70. The number of fused-ring (bicyclic) bond motifs is 1. The molecule has 1 aliphatic carbocycles. The smallest absolute Gasteiger partial charge is 0.0914 e. The maximum atomic E-state index is 10.3. The van der Waals surface area contributed by atoms with E-state index in [2.05, 4.69) is 17.4 Å². The molecule has 2 unspecified atom stereocenters. The second kappa shape index (κ2) is 5.98. The van der Waals surface area contributed by atoms with E-state index in [1.165, 1.54) is 5.56 Å². The van der Waals surface area contributed by atoms with Crippen molar-refractivity contribution in [3.05, 3.63) is 71.3 Å². The van der Waals surface area contributed by atoms with E-state index < -0.39 is 11.6 Å². The Morgan fingerprint density at radius 3 is 2.52 bits per heavy atom. The molecule has 2 aromatic carbocycles. The highest BCUT2D eigenvalue weighted by molar-refractivity contribution is 5.39. The molecule has 0 radical (unpaired) electrons. The molecule has 0 fully saturated rings. The van der Waals surface area contributed by atoms with Gasteiger partial charge in [-0.2, -0.15) is 0 Å². The third-order valence-electron chi connectivity index (χ3n) is 4.44. The summed E-state index contributed by atoms with van der Waals surface area (Å²) in [4.78, 5) is 0. The molecule has 2 aromatic rings. The summed E-state index contributed by atoms with van der Waals surface area (Å²) in [6.45, 7) is 0.477. The van der Waals surface area contributed by atoms with Crippen molar-refractivity contribution in [1.29, 1.82) is 0 Å². The molecule has 0 spiro atoms. The molecule has 21 heavy (non-hydrogen) atoms. The van der Waals surface area contributed by atoms with Crippen LogP contribution >= 0.6 is 0 Å². The largest absolute Gasteiger partial charge is 0.394 e. The monoisotopic (exact) mass is 283 g/mol. The topological polar surface area (TPSA) is 52.5 Å². The average Bonchev–Trinajstić information content (AvgIpc) is 2.93. The molecule has 3 nitrogen and oxygen atoms in total. The summed E-state index contributed by atoms with van der Waals surface area (Å²) in [5.74, 6) is 0. The summed E-state index contributed by atoms with van der Waals surface area (Å²) in [7, 11) is 0. The number of nitrogens with one attached hydrogen (secondary N) is 1. The number of hydrogen-bond acceptors (Lipinski definition) is 3. The Balaban J connectivity index is 1.75. The lowest BCUT2D eigenvalue weighted by atomic mass is 9.92. The van der Waals surface area contributed by atoms with Crippen molar-refractivity contribution in [2.75, 3.05) is 13.2 Å². The Kier molecular flexibility index (Phi) is 4.06. The zero-order valence-electron chi connectivity index (χ0n) is 12.0. The standard InChI is InChI=1S/C18H21NO2/c20-13-18(11-10-14-6-4-5-9-16(14)18)19-12-17(21)15-7-2-1-3-8-15/h1-9,17,19-21H,10-13H2. The van der Waals surface area contributed by atoms with Crippen LogP contribution in [0, 0.1) is 0 Å². The summed E-state index contributed by atoms with van der Waals surface area (Å²) < 4.78 is 0. The molecule has 3 N–H and O–H groups in total. The Labute approximate surface area is 125 Å². The first kappa shape index (κ1) is 14.3. The highest BCUT2D eigenvalue weighted by atomic mass is 16.3. The minimum atomic E-state index is -0.567. The zero-order valence-corrected chi connectivity index (χ0v) is 12.0. The van der Waals surface area contributed by atoms with Crippen LogP contribution in [0.15, 0.2) is 54.6 Å². The van der Waals surface area contributed by atoms with Crippen molar-refractivity contribution < 1.29 is 10.2 Å². The number of aliphatic hydroxyl groups excluding tert-OH is 2. The van der Waals surface area contributed by atoms with Crippen LogP contribution in [0.3, 0.4) is 0 Å². The van der Waals surface area contributed by atoms with Gasteiger partial charge in [0.2, 0.25) is 0 Å². The van der Waals surface area contributed by atoms with Crippen molar-refractivity contribution in [2.24, 2.45) is 0 Å². The molecular formula is C18H21NO2. The van der Waals surface area contributed by atoms with Gasteiger partial charge in [-0.25, -0.2) is 0 Å². The molecule has 0 bridgehead atoms. The van der Waals surface area contributed by atoms with E-state index in [-0.39, 0.29) is 6.61 Å². The average molecular weight is 283 g/mol. The summed E-state index contributed by atoms with van der Waals surface area (Å²) in [6.07, 6.45) is 1.26. The molecule has 0 amide bonds.